The Labute approximate surface area is 124 Å². The van der Waals surface area contributed by atoms with E-state index in [1.54, 1.807) is 6.07 Å². The SMILES string of the molecule is CNC1CCN(CCOc2ccc(F)cc2Cl)C1.Cl. The van der Waals surface area contributed by atoms with Crippen molar-refractivity contribution in [2.75, 3.05) is 33.3 Å². The van der Waals surface area contributed by atoms with Crippen LogP contribution < -0.4 is 10.1 Å². The standard InChI is InChI=1S/C13H18ClFN2O.ClH/c1-16-11-4-5-17(9-11)6-7-18-13-3-2-10(15)8-12(13)14;/h2-3,8,11,16H,4-7,9H2,1H3;1H. The summed E-state index contributed by atoms with van der Waals surface area (Å²) in [5, 5.41) is 3.60. The van der Waals surface area contributed by atoms with Crippen molar-refractivity contribution in [1.29, 1.82) is 0 Å². The fourth-order valence-corrected chi connectivity index (χ4v) is 2.37. The van der Waals surface area contributed by atoms with Gasteiger partial charge in [-0.2, -0.15) is 0 Å². The third-order valence-electron chi connectivity index (χ3n) is 3.24. The Bertz CT molecular complexity index is 406. The maximum atomic E-state index is 12.8. The van der Waals surface area contributed by atoms with Gasteiger partial charge in [0, 0.05) is 19.1 Å². The van der Waals surface area contributed by atoms with E-state index in [1.807, 2.05) is 7.05 Å². The molecule has 0 aromatic heterocycles. The highest BCUT2D eigenvalue weighted by Crippen LogP contribution is 2.24. The highest BCUT2D eigenvalue weighted by Gasteiger charge is 2.20. The second-order valence-corrected chi connectivity index (χ2v) is 4.91. The molecule has 0 saturated carbocycles. The zero-order valence-electron chi connectivity index (χ0n) is 10.9. The summed E-state index contributed by atoms with van der Waals surface area (Å²) in [7, 11) is 1.99. The molecular formula is C13H19Cl2FN2O. The van der Waals surface area contributed by atoms with E-state index in [0.717, 1.165) is 19.6 Å². The molecule has 1 heterocycles. The largest absolute Gasteiger partial charge is 0.491 e. The molecule has 0 spiro atoms. The monoisotopic (exact) mass is 308 g/mol. The summed E-state index contributed by atoms with van der Waals surface area (Å²) in [4.78, 5) is 2.35. The van der Waals surface area contributed by atoms with Crippen molar-refractivity contribution in [3.63, 3.8) is 0 Å². The molecule has 1 saturated heterocycles. The van der Waals surface area contributed by atoms with E-state index in [-0.39, 0.29) is 18.2 Å². The first-order valence-electron chi connectivity index (χ1n) is 6.16. The van der Waals surface area contributed by atoms with Crippen molar-refractivity contribution < 1.29 is 9.13 Å². The second kappa shape index (κ2) is 7.90. The molecule has 3 nitrogen and oxygen atoms in total. The highest BCUT2D eigenvalue weighted by molar-refractivity contribution is 6.32. The van der Waals surface area contributed by atoms with Gasteiger partial charge in [0.15, 0.2) is 0 Å². The van der Waals surface area contributed by atoms with E-state index < -0.39 is 0 Å². The lowest BCUT2D eigenvalue weighted by Crippen LogP contribution is -2.31. The maximum absolute atomic E-state index is 12.8. The molecule has 1 atom stereocenters. The van der Waals surface area contributed by atoms with Crippen LogP contribution in [0, 0.1) is 5.82 Å². The van der Waals surface area contributed by atoms with Crippen LogP contribution in [-0.4, -0.2) is 44.2 Å². The Morgan fingerprint density at radius 3 is 2.95 bits per heavy atom. The van der Waals surface area contributed by atoms with Gasteiger partial charge in [-0.1, -0.05) is 11.6 Å². The molecule has 108 valence electrons. The smallest absolute Gasteiger partial charge is 0.138 e. The predicted molar refractivity (Wildman–Crippen MR) is 78.1 cm³/mol. The lowest BCUT2D eigenvalue weighted by Gasteiger charge is -2.16. The number of hydrogen-bond acceptors (Lipinski definition) is 3. The maximum Gasteiger partial charge on any atom is 0.138 e. The first kappa shape index (κ1) is 16.5. The first-order chi connectivity index (χ1) is 8.69. The summed E-state index contributed by atoms with van der Waals surface area (Å²) < 4.78 is 18.4. The van der Waals surface area contributed by atoms with Crippen LogP contribution in [-0.2, 0) is 0 Å². The first-order valence-corrected chi connectivity index (χ1v) is 6.54. The van der Waals surface area contributed by atoms with Gasteiger partial charge >= 0.3 is 0 Å². The average molecular weight is 309 g/mol. The van der Waals surface area contributed by atoms with Crippen LogP contribution >= 0.6 is 24.0 Å². The van der Waals surface area contributed by atoms with Gasteiger partial charge in [0.05, 0.1) is 5.02 Å². The molecule has 0 aliphatic carbocycles. The summed E-state index contributed by atoms with van der Waals surface area (Å²) in [6.07, 6.45) is 1.17. The number of hydrogen-bond donors (Lipinski definition) is 1. The van der Waals surface area contributed by atoms with Crippen molar-refractivity contribution in [2.24, 2.45) is 0 Å². The van der Waals surface area contributed by atoms with Crippen LogP contribution in [0.15, 0.2) is 18.2 Å². The minimum Gasteiger partial charge on any atom is -0.491 e. The van der Waals surface area contributed by atoms with Crippen molar-refractivity contribution >= 4 is 24.0 Å². The number of rotatable bonds is 5. The molecule has 0 amide bonds. The lowest BCUT2D eigenvalue weighted by atomic mass is 10.3. The van der Waals surface area contributed by atoms with Crippen LogP contribution in [0.5, 0.6) is 5.75 Å². The van der Waals surface area contributed by atoms with E-state index in [1.165, 1.54) is 18.6 Å². The van der Waals surface area contributed by atoms with Crippen molar-refractivity contribution in [2.45, 2.75) is 12.5 Å². The van der Waals surface area contributed by atoms with E-state index in [0.29, 0.717) is 23.4 Å². The van der Waals surface area contributed by atoms with Crippen LogP contribution in [0.2, 0.25) is 5.02 Å². The third kappa shape index (κ3) is 4.80. The average Bonchev–Trinajstić information content (AvgIpc) is 2.80. The van der Waals surface area contributed by atoms with Crippen molar-refractivity contribution in [3.05, 3.63) is 29.0 Å². The van der Waals surface area contributed by atoms with Crippen LogP contribution in [0.1, 0.15) is 6.42 Å². The fourth-order valence-electron chi connectivity index (χ4n) is 2.15. The zero-order valence-corrected chi connectivity index (χ0v) is 12.4. The minimum absolute atomic E-state index is 0. The normalized spacial score (nSPS) is 19.2. The quantitative estimate of drug-likeness (QED) is 0.905. The number of likely N-dealkylation sites (N-methyl/N-ethyl adjacent to an activating group) is 1. The van der Waals surface area contributed by atoms with Gasteiger partial charge in [-0.15, -0.1) is 12.4 Å². The Kier molecular flexibility index (Phi) is 6.86. The zero-order chi connectivity index (χ0) is 13.0. The highest BCUT2D eigenvalue weighted by atomic mass is 35.5. The molecule has 1 unspecified atom stereocenters. The summed E-state index contributed by atoms with van der Waals surface area (Å²) >= 11 is 5.88. The molecule has 0 bridgehead atoms. The van der Waals surface area contributed by atoms with E-state index in [4.69, 9.17) is 16.3 Å². The summed E-state index contributed by atoms with van der Waals surface area (Å²) in [5.74, 6) is 0.200. The number of nitrogens with one attached hydrogen (secondary N) is 1. The molecule has 1 aromatic rings. The van der Waals surface area contributed by atoms with Gasteiger partial charge in [0.1, 0.15) is 18.2 Å². The van der Waals surface area contributed by atoms with Crippen molar-refractivity contribution in [1.82, 2.24) is 10.2 Å². The Morgan fingerprint density at radius 1 is 1.53 bits per heavy atom. The summed E-state index contributed by atoms with van der Waals surface area (Å²) in [6.45, 7) is 3.58. The summed E-state index contributed by atoms with van der Waals surface area (Å²) in [5.41, 5.74) is 0. The topological polar surface area (TPSA) is 24.5 Å². The van der Waals surface area contributed by atoms with Gasteiger partial charge in [0.25, 0.3) is 0 Å². The lowest BCUT2D eigenvalue weighted by molar-refractivity contribution is 0.235. The Hall–Kier alpha value is -0.550. The van der Waals surface area contributed by atoms with E-state index in [9.17, 15) is 4.39 Å². The number of halogens is 3. The second-order valence-electron chi connectivity index (χ2n) is 4.50. The fraction of sp³-hybridized carbons (Fsp3) is 0.538. The van der Waals surface area contributed by atoms with Gasteiger partial charge in [0.2, 0.25) is 0 Å². The molecule has 1 aliphatic heterocycles. The molecular weight excluding hydrogens is 290 g/mol. The number of likely N-dealkylation sites (tertiary alicyclic amines) is 1. The molecule has 0 radical (unpaired) electrons. The minimum atomic E-state index is -0.344. The Balaban J connectivity index is 0.00000180. The summed E-state index contributed by atoms with van der Waals surface area (Å²) in [6, 6.07) is 4.77. The van der Waals surface area contributed by atoms with E-state index >= 15 is 0 Å². The van der Waals surface area contributed by atoms with Gasteiger partial charge < -0.3 is 10.1 Å². The third-order valence-corrected chi connectivity index (χ3v) is 3.53. The Morgan fingerprint density at radius 2 is 2.32 bits per heavy atom. The van der Waals surface area contributed by atoms with Crippen LogP contribution in [0.3, 0.4) is 0 Å². The number of benzene rings is 1. The molecule has 1 N–H and O–H groups in total. The van der Waals surface area contributed by atoms with Crippen molar-refractivity contribution in [3.8, 4) is 5.75 Å². The van der Waals surface area contributed by atoms with Gasteiger partial charge in [-0.3, -0.25) is 4.90 Å². The van der Waals surface area contributed by atoms with E-state index in [2.05, 4.69) is 10.2 Å². The van der Waals surface area contributed by atoms with Crippen LogP contribution in [0.4, 0.5) is 4.39 Å². The molecule has 6 heteroatoms. The predicted octanol–water partition coefficient (Wildman–Crippen LogP) is 2.57. The molecule has 1 fully saturated rings. The number of nitrogens with zero attached hydrogens (tertiary/aromatic N) is 1. The van der Waals surface area contributed by atoms with Crippen LogP contribution in [0.25, 0.3) is 0 Å². The molecule has 19 heavy (non-hydrogen) atoms. The molecule has 1 aliphatic rings. The number of ether oxygens (including phenoxy) is 1. The van der Waals surface area contributed by atoms with Gasteiger partial charge in [-0.05, 0) is 38.2 Å². The van der Waals surface area contributed by atoms with Gasteiger partial charge in [-0.25, -0.2) is 4.39 Å². The molecule has 1 aromatic carbocycles. The molecule has 2 rings (SSSR count).